The zero-order valence-electron chi connectivity index (χ0n) is 14.7. The van der Waals surface area contributed by atoms with Crippen molar-refractivity contribution in [2.24, 2.45) is 0 Å². The van der Waals surface area contributed by atoms with Gasteiger partial charge in [0.1, 0.15) is 5.75 Å². The van der Waals surface area contributed by atoms with Crippen molar-refractivity contribution in [1.82, 2.24) is 15.1 Å². The molecule has 0 unspecified atom stereocenters. The zero-order valence-corrected chi connectivity index (χ0v) is 14.7. The Hall–Kier alpha value is -3.02. The molecule has 0 saturated heterocycles. The van der Waals surface area contributed by atoms with E-state index in [0.717, 1.165) is 27.7 Å². The number of hydrogen-bond acceptors (Lipinski definition) is 4. The summed E-state index contributed by atoms with van der Waals surface area (Å²) >= 11 is 0. The number of nitrogens with zero attached hydrogens (tertiary/aromatic N) is 2. The maximum Gasteiger partial charge on any atom is 0.259 e. The van der Waals surface area contributed by atoms with Crippen LogP contribution in [0, 0.1) is 6.92 Å². The fraction of sp³-hybridized carbons (Fsp3) is 0.263. The lowest BCUT2D eigenvalue weighted by atomic mass is 10.1. The van der Waals surface area contributed by atoms with Crippen molar-refractivity contribution in [3.63, 3.8) is 0 Å². The minimum Gasteiger partial charge on any atom is -0.482 e. The van der Waals surface area contributed by atoms with Crippen molar-refractivity contribution in [1.29, 1.82) is 0 Å². The summed E-state index contributed by atoms with van der Waals surface area (Å²) in [7, 11) is 3.43. The van der Waals surface area contributed by atoms with Crippen LogP contribution >= 0.6 is 0 Å². The van der Waals surface area contributed by atoms with Crippen LogP contribution in [0.2, 0.25) is 0 Å². The van der Waals surface area contributed by atoms with Crippen LogP contribution in [0.25, 0.3) is 10.9 Å². The number of para-hydroxylation sites is 1. The number of amides is 1. The summed E-state index contributed by atoms with van der Waals surface area (Å²) in [5, 5.41) is 11.6. The fourth-order valence-corrected chi connectivity index (χ4v) is 2.53. The first-order valence-corrected chi connectivity index (χ1v) is 8.13. The van der Waals surface area contributed by atoms with Gasteiger partial charge in [-0.25, -0.2) is 0 Å². The number of aromatic nitrogens is 2. The van der Waals surface area contributed by atoms with Crippen LogP contribution in [0.4, 0.5) is 5.69 Å². The van der Waals surface area contributed by atoms with Crippen molar-refractivity contribution in [2.45, 2.75) is 13.5 Å². The number of aryl methyl sites for hydroxylation is 1. The molecule has 3 aromatic rings. The van der Waals surface area contributed by atoms with Gasteiger partial charge < -0.3 is 15.0 Å². The SMILES string of the molecule is Cc1ccc(NCc2cccc3cn[nH]c23)c(OCC(=O)N(C)C)c1. The number of benzene rings is 2. The number of anilines is 1. The molecule has 25 heavy (non-hydrogen) atoms. The highest BCUT2D eigenvalue weighted by atomic mass is 16.5. The van der Waals surface area contributed by atoms with Gasteiger partial charge >= 0.3 is 0 Å². The van der Waals surface area contributed by atoms with Crippen molar-refractivity contribution < 1.29 is 9.53 Å². The number of aromatic amines is 1. The summed E-state index contributed by atoms with van der Waals surface area (Å²) in [5.74, 6) is 0.599. The number of fused-ring (bicyclic) bond motifs is 1. The van der Waals surface area contributed by atoms with Gasteiger partial charge in [-0.2, -0.15) is 5.10 Å². The zero-order chi connectivity index (χ0) is 17.8. The normalized spacial score (nSPS) is 10.7. The summed E-state index contributed by atoms with van der Waals surface area (Å²) < 4.78 is 5.73. The molecular weight excluding hydrogens is 316 g/mol. The Labute approximate surface area is 146 Å². The Bertz CT molecular complexity index is 886. The van der Waals surface area contributed by atoms with E-state index in [9.17, 15) is 4.79 Å². The lowest BCUT2D eigenvalue weighted by Crippen LogP contribution is -2.27. The average molecular weight is 338 g/mol. The Morgan fingerprint density at radius 2 is 2.12 bits per heavy atom. The van der Waals surface area contributed by atoms with Gasteiger partial charge in [0.2, 0.25) is 0 Å². The smallest absolute Gasteiger partial charge is 0.259 e. The van der Waals surface area contributed by atoms with Gasteiger partial charge in [-0.15, -0.1) is 0 Å². The average Bonchev–Trinajstić information content (AvgIpc) is 3.08. The first kappa shape index (κ1) is 16.8. The molecule has 0 saturated carbocycles. The third kappa shape index (κ3) is 3.91. The highest BCUT2D eigenvalue weighted by Gasteiger charge is 2.10. The highest BCUT2D eigenvalue weighted by molar-refractivity contribution is 5.81. The van der Waals surface area contributed by atoms with E-state index in [-0.39, 0.29) is 12.5 Å². The predicted molar refractivity (Wildman–Crippen MR) is 98.8 cm³/mol. The number of ether oxygens (including phenoxy) is 1. The number of likely N-dealkylation sites (N-methyl/N-ethyl adjacent to an activating group) is 1. The van der Waals surface area contributed by atoms with Crippen molar-refractivity contribution in [3.8, 4) is 5.75 Å². The molecule has 6 nitrogen and oxygen atoms in total. The summed E-state index contributed by atoms with van der Waals surface area (Å²) in [5.41, 5.74) is 4.07. The minimum absolute atomic E-state index is 0.0151. The Kier molecular flexibility index (Phi) is 4.88. The molecule has 2 N–H and O–H groups in total. The Morgan fingerprint density at radius 3 is 2.92 bits per heavy atom. The lowest BCUT2D eigenvalue weighted by molar-refractivity contribution is -0.130. The highest BCUT2D eigenvalue weighted by Crippen LogP contribution is 2.27. The van der Waals surface area contributed by atoms with Gasteiger partial charge in [-0.05, 0) is 30.2 Å². The maximum absolute atomic E-state index is 11.8. The number of hydrogen-bond donors (Lipinski definition) is 2. The molecule has 0 bridgehead atoms. The van der Waals surface area contributed by atoms with Gasteiger partial charge in [-0.3, -0.25) is 9.89 Å². The number of nitrogens with one attached hydrogen (secondary N) is 2. The standard InChI is InChI=1S/C19H22N4O2/c1-13-7-8-16(17(9-13)25-12-18(24)23(2)3)20-10-14-5-4-6-15-11-21-22-19(14)15/h4-9,11,20H,10,12H2,1-3H3,(H,21,22). The van der Waals surface area contributed by atoms with Crippen LogP contribution in [-0.2, 0) is 11.3 Å². The number of rotatable bonds is 6. The number of carbonyl (C=O) groups is 1. The Morgan fingerprint density at radius 1 is 1.28 bits per heavy atom. The second-order valence-electron chi connectivity index (χ2n) is 6.18. The third-order valence-corrected chi connectivity index (χ3v) is 4.02. The lowest BCUT2D eigenvalue weighted by Gasteiger charge is -2.16. The van der Waals surface area contributed by atoms with Crippen molar-refractivity contribution >= 4 is 22.5 Å². The molecule has 0 aliphatic rings. The molecule has 0 radical (unpaired) electrons. The minimum atomic E-state index is -0.0744. The molecule has 0 fully saturated rings. The van der Waals surface area contributed by atoms with E-state index in [0.29, 0.717) is 12.3 Å². The van der Waals surface area contributed by atoms with E-state index in [4.69, 9.17) is 4.74 Å². The second kappa shape index (κ2) is 7.25. The second-order valence-corrected chi connectivity index (χ2v) is 6.18. The predicted octanol–water partition coefficient (Wildman–Crippen LogP) is 2.95. The van der Waals surface area contributed by atoms with E-state index >= 15 is 0 Å². The first-order chi connectivity index (χ1) is 12.0. The monoisotopic (exact) mass is 338 g/mol. The summed E-state index contributed by atoms with van der Waals surface area (Å²) in [6.07, 6.45) is 1.81. The van der Waals surface area contributed by atoms with E-state index in [1.54, 1.807) is 14.1 Å². The number of carbonyl (C=O) groups excluding carboxylic acids is 1. The molecule has 2 aromatic carbocycles. The molecule has 1 amide bonds. The first-order valence-electron chi connectivity index (χ1n) is 8.13. The molecule has 1 heterocycles. The summed E-state index contributed by atoms with van der Waals surface area (Å²) in [6, 6.07) is 12.0. The van der Waals surface area contributed by atoms with Gasteiger partial charge in [0.15, 0.2) is 6.61 Å². The quantitative estimate of drug-likeness (QED) is 0.725. The van der Waals surface area contributed by atoms with E-state index in [1.807, 2.05) is 43.5 Å². The van der Waals surface area contributed by atoms with Gasteiger partial charge in [0.25, 0.3) is 5.91 Å². The van der Waals surface area contributed by atoms with Crippen LogP contribution in [0.3, 0.4) is 0 Å². The molecule has 6 heteroatoms. The van der Waals surface area contributed by atoms with Crippen molar-refractivity contribution in [3.05, 3.63) is 53.7 Å². The van der Waals surface area contributed by atoms with Gasteiger partial charge in [-0.1, -0.05) is 24.3 Å². The largest absolute Gasteiger partial charge is 0.482 e. The van der Waals surface area contributed by atoms with Crippen LogP contribution in [0.5, 0.6) is 5.75 Å². The van der Waals surface area contributed by atoms with Gasteiger partial charge in [0, 0.05) is 26.0 Å². The molecular formula is C19H22N4O2. The van der Waals surface area contributed by atoms with E-state index < -0.39 is 0 Å². The molecule has 1 aromatic heterocycles. The van der Waals surface area contributed by atoms with Crippen LogP contribution in [0.1, 0.15) is 11.1 Å². The van der Waals surface area contributed by atoms with Gasteiger partial charge in [0.05, 0.1) is 17.4 Å². The number of H-pyrrole nitrogens is 1. The maximum atomic E-state index is 11.8. The fourth-order valence-electron chi connectivity index (χ4n) is 2.53. The van der Waals surface area contributed by atoms with Crippen LogP contribution < -0.4 is 10.1 Å². The molecule has 130 valence electrons. The Balaban J connectivity index is 1.75. The molecule has 0 spiro atoms. The van der Waals surface area contributed by atoms with Crippen molar-refractivity contribution in [2.75, 3.05) is 26.0 Å². The third-order valence-electron chi connectivity index (χ3n) is 4.02. The van der Waals surface area contributed by atoms with E-state index in [1.165, 1.54) is 4.90 Å². The molecule has 0 aliphatic heterocycles. The molecule has 3 rings (SSSR count). The summed E-state index contributed by atoms with van der Waals surface area (Å²) in [6.45, 7) is 2.64. The molecule has 0 aliphatic carbocycles. The van der Waals surface area contributed by atoms with E-state index in [2.05, 4.69) is 21.6 Å². The topological polar surface area (TPSA) is 70.2 Å². The molecule has 0 atom stereocenters. The van der Waals surface area contributed by atoms with Crippen LogP contribution in [0.15, 0.2) is 42.6 Å². The van der Waals surface area contributed by atoms with Crippen LogP contribution in [-0.4, -0.2) is 41.7 Å². The summed E-state index contributed by atoms with van der Waals surface area (Å²) in [4.78, 5) is 13.3.